The average Bonchev–Trinajstić information content (AvgIpc) is 3.33. The molecule has 2 aromatic rings. The standard InChI is InChI=1S/C23H28ClN3O4S/c1-26-14-10-19(11-15-26)31-18-6-4-17(5-7-18)25-23(28)21-16-20(8-9-22(21)24)32(29,30)27-12-2-3-13-27/h4-9,16,19H,2-3,10-15H2,1H3,(H,25,28). The lowest BCUT2D eigenvalue weighted by molar-refractivity contribution is 0.102. The van der Waals surface area contributed by atoms with E-state index in [1.54, 1.807) is 12.1 Å². The number of benzene rings is 2. The third-order valence-corrected chi connectivity index (χ3v) is 8.19. The highest BCUT2D eigenvalue weighted by atomic mass is 35.5. The van der Waals surface area contributed by atoms with Gasteiger partial charge in [-0.05, 0) is 75.2 Å². The van der Waals surface area contributed by atoms with Crippen LogP contribution in [0.2, 0.25) is 5.02 Å². The Morgan fingerprint density at radius 2 is 1.69 bits per heavy atom. The lowest BCUT2D eigenvalue weighted by Gasteiger charge is -2.29. The van der Waals surface area contributed by atoms with Crippen LogP contribution in [0.1, 0.15) is 36.0 Å². The topological polar surface area (TPSA) is 79.0 Å². The Hall–Kier alpha value is -2.13. The number of anilines is 1. The van der Waals surface area contributed by atoms with Gasteiger partial charge in [-0.25, -0.2) is 8.42 Å². The van der Waals surface area contributed by atoms with Crippen LogP contribution in [0.3, 0.4) is 0 Å². The Labute approximate surface area is 194 Å². The van der Waals surface area contributed by atoms with Gasteiger partial charge in [0.1, 0.15) is 11.9 Å². The van der Waals surface area contributed by atoms with Crippen LogP contribution < -0.4 is 10.1 Å². The van der Waals surface area contributed by atoms with Crippen molar-refractivity contribution in [2.75, 3.05) is 38.5 Å². The summed E-state index contributed by atoms with van der Waals surface area (Å²) in [6.07, 6.45) is 3.87. The van der Waals surface area contributed by atoms with E-state index in [0.29, 0.717) is 18.8 Å². The van der Waals surface area contributed by atoms with Crippen molar-refractivity contribution >= 4 is 33.2 Å². The Bertz CT molecular complexity index is 1060. The minimum atomic E-state index is -3.63. The lowest BCUT2D eigenvalue weighted by Crippen LogP contribution is -2.35. The number of ether oxygens (including phenoxy) is 1. The van der Waals surface area contributed by atoms with Gasteiger partial charge in [0.05, 0.1) is 15.5 Å². The molecule has 0 saturated carbocycles. The van der Waals surface area contributed by atoms with Gasteiger partial charge in [0.2, 0.25) is 10.0 Å². The summed E-state index contributed by atoms with van der Waals surface area (Å²) < 4.78 is 33.1. The van der Waals surface area contributed by atoms with Gasteiger partial charge in [-0.3, -0.25) is 4.79 Å². The lowest BCUT2D eigenvalue weighted by atomic mass is 10.1. The van der Waals surface area contributed by atoms with Crippen molar-refractivity contribution in [2.45, 2.75) is 36.7 Å². The number of piperidine rings is 1. The molecule has 2 saturated heterocycles. The molecule has 0 aromatic heterocycles. The van der Waals surface area contributed by atoms with E-state index >= 15 is 0 Å². The van der Waals surface area contributed by atoms with Gasteiger partial charge in [0.15, 0.2) is 0 Å². The van der Waals surface area contributed by atoms with Crippen LogP contribution in [0.15, 0.2) is 47.4 Å². The molecule has 4 rings (SSSR count). The fourth-order valence-electron chi connectivity index (χ4n) is 4.03. The minimum Gasteiger partial charge on any atom is -0.490 e. The van der Waals surface area contributed by atoms with Crippen LogP contribution in [0.4, 0.5) is 5.69 Å². The van der Waals surface area contributed by atoms with Crippen LogP contribution in [-0.2, 0) is 10.0 Å². The largest absolute Gasteiger partial charge is 0.490 e. The van der Waals surface area contributed by atoms with Crippen molar-refractivity contribution in [1.82, 2.24) is 9.21 Å². The maximum Gasteiger partial charge on any atom is 0.257 e. The Kier molecular flexibility index (Phi) is 7.05. The van der Waals surface area contributed by atoms with Crippen molar-refractivity contribution in [1.29, 1.82) is 0 Å². The molecule has 0 atom stereocenters. The number of hydrogen-bond donors (Lipinski definition) is 1. The van der Waals surface area contributed by atoms with Crippen molar-refractivity contribution < 1.29 is 17.9 Å². The van der Waals surface area contributed by atoms with Gasteiger partial charge >= 0.3 is 0 Å². The number of nitrogens with zero attached hydrogens (tertiary/aromatic N) is 2. The van der Waals surface area contributed by atoms with Crippen LogP contribution in [0.25, 0.3) is 0 Å². The van der Waals surface area contributed by atoms with Crippen molar-refractivity contribution in [3.05, 3.63) is 53.1 Å². The van der Waals surface area contributed by atoms with E-state index in [1.165, 1.54) is 22.5 Å². The fraction of sp³-hybridized carbons (Fsp3) is 0.435. The molecule has 0 unspecified atom stereocenters. The van der Waals surface area contributed by atoms with Crippen molar-refractivity contribution in [3.63, 3.8) is 0 Å². The summed E-state index contributed by atoms with van der Waals surface area (Å²) in [7, 11) is -1.52. The Balaban J connectivity index is 1.43. The molecule has 1 amide bonds. The zero-order chi connectivity index (χ0) is 22.7. The Morgan fingerprint density at radius 3 is 2.34 bits per heavy atom. The third kappa shape index (κ3) is 5.26. The first-order chi connectivity index (χ1) is 15.3. The highest BCUT2D eigenvalue weighted by Crippen LogP contribution is 2.27. The number of carbonyl (C=O) groups excluding carboxylic acids is 1. The predicted octanol–water partition coefficient (Wildman–Crippen LogP) is 3.85. The summed E-state index contributed by atoms with van der Waals surface area (Å²) in [5.41, 5.74) is 0.702. The van der Waals surface area contributed by atoms with E-state index in [1.807, 2.05) is 12.1 Å². The third-order valence-electron chi connectivity index (χ3n) is 5.97. The normalized spacial score (nSPS) is 18.6. The van der Waals surface area contributed by atoms with E-state index < -0.39 is 15.9 Å². The molecular weight excluding hydrogens is 450 g/mol. The maximum absolute atomic E-state index is 12.8. The molecule has 0 bridgehead atoms. The van der Waals surface area contributed by atoms with Crippen LogP contribution in [-0.4, -0.2) is 62.9 Å². The molecule has 2 aliphatic rings. The quantitative estimate of drug-likeness (QED) is 0.683. The molecule has 2 aromatic carbocycles. The summed E-state index contributed by atoms with van der Waals surface area (Å²) in [5, 5.41) is 2.99. The fourth-order valence-corrected chi connectivity index (χ4v) is 5.77. The Morgan fingerprint density at radius 1 is 1.03 bits per heavy atom. The van der Waals surface area contributed by atoms with Gasteiger partial charge in [0.25, 0.3) is 5.91 Å². The van der Waals surface area contributed by atoms with Gasteiger partial charge in [-0.1, -0.05) is 11.6 Å². The summed E-state index contributed by atoms with van der Waals surface area (Å²) in [4.78, 5) is 15.2. The molecule has 0 radical (unpaired) electrons. The first-order valence-electron chi connectivity index (χ1n) is 10.9. The molecule has 2 heterocycles. The van der Waals surface area contributed by atoms with Crippen LogP contribution in [0, 0.1) is 0 Å². The second-order valence-corrected chi connectivity index (χ2v) is 10.7. The van der Waals surface area contributed by atoms with E-state index in [9.17, 15) is 13.2 Å². The first kappa shape index (κ1) is 23.0. The zero-order valence-corrected chi connectivity index (χ0v) is 19.7. The molecule has 7 nitrogen and oxygen atoms in total. The summed E-state index contributed by atoms with van der Waals surface area (Å²) in [6, 6.07) is 11.4. The van der Waals surface area contributed by atoms with Crippen LogP contribution >= 0.6 is 11.6 Å². The summed E-state index contributed by atoms with van der Waals surface area (Å²) >= 11 is 6.22. The van der Waals surface area contributed by atoms with E-state index in [0.717, 1.165) is 44.5 Å². The molecule has 1 N–H and O–H groups in total. The minimum absolute atomic E-state index is 0.0795. The smallest absolute Gasteiger partial charge is 0.257 e. The van der Waals surface area contributed by atoms with Gasteiger partial charge in [-0.15, -0.1) is 0 Å². The number of nitrogens with one attached hydrogen (secondary N) is 1. The molecule has 32 heavy (non-hydrogen) atoms. The highest BCUT2D eigenvalue weighted by Gasteiger charge is 2.28. The predicted molar refractivity (Wildman–Crippen MR) is 125 cm³/mol. The molecule has 0 spiro atoms. The second-order valence-electron chi connectivity index (χ2n) is 8.35. The average molecular weight is 478 g/mol. The van der Waals surface area contributed by atoms with Crippen molar-refractivity contribution in [2.24, 2.45) is 0 Å². The molecule has 2 aliphatic heterocycles. The number of rotatable bonds is 6. The molecule has 0 aliphatic carbocycles. The second kappa shape index (κ2) is 9.79. The van der Waals surface area contributed by atoms with Gasteiger partial charge in [-0.2, -0.15) is 4.31 Å². The van der Waals surface area contributed by atoms with Crippen molar-refractivity contribution in [3.8, 4) is 5.75 Å². The maximum atomic E-state index is 12.8. The molecular formula is C23H28ClN3O4S. The van der Waals surface area contributed by atoms with E-state index in [-0.39, 0.29) is 21.6 Å². The number of sulfonamides is 1. The molecule has 2 fully saturated rings. The highest BCUT2D eigenvalue weighted by molar-refractivity contribution is 7.89. The monoisotopic (exact) mass is 477 g/mol. The molecule has 172 valence electrons. The first-order valence-corrected chi connectivity index (χ1v) is 12.7. The summed E-state index contributed by atoms with van der Waals surface area (Å²) in [5.74, 6) is 0.298. The van der Waals surface area contributed by atoms with E-state index in [4.69, 9.17) is 16.3 Å². The van der Waals surface area contributed by atoms with Gasteiger partial charge in [0, 0.05) is 31.9 Å². The SMILES string of the molecule is CN1CCC(Oc2ccc(NC(=O)c3cc(S(=O)(=O)N4CCCC4)ccc3Cl)cc2)CC1. The molecule has 9 heteroatoms. The number of halogens is 1. The zero-order valence-electron chi connectivity index (χ0n) is 18.1. The number of hydrogen-bond acceptors (Lipinski definition) is 5. The summed E-state index contributed by atoms with van der Waals surface area (Å²) in [6.45, 7) is 3.04. The van der Waals surface area contributed by atoms with E-state index in [2.05, 4.69) is 17.3 Å². The van der Waals surface area contributed by atoms with Gasteiger partial charge < -0.3 is 15.0 Å². The number of carbonyl (C=O) groups is 1. The number of likely N-dealkylation sites (tertiary alicyclic amines) is 1. The van der Waals surface area contributed by atoms with Crippen LogP contribution in [0.5, 0.6) is 5.75 Å². The number of amides is 1.